The third kappa shape index (κ3) is 2.90. The van der Waals surface area contributed by atoms with Crippen LogP contribution in [-0.4, -0.2) is 6.54 Å². The Morgan fingerprint density at radius 1 is 1.42 bits per heavy atom. The zero-order valence-electron chi connectivity index (χ0n) is 7.42. The summed E-state index contributed by atoms with van der Waals surface area (Å²) < 4.78 is 0. The van der Waals surface area contributed by atoms with E-state index >= 15 is 0 Å². The van der Waals surface area contributed by atoms with Crippen LogP contribution >= 0.6 is 0 Å². The molecular formula is C9H14N2O. The number of hydrogen-bond acceptors (Lipinski definition) is 3. The molecule has 0 spiro atoms. The third-order valence-corrected chi connectivity index (χ3v) is 1.41. The van der Waals surface area contributed by atoms with Crippen LogP contribution < -0.4 is 15.9 Å². The Morgan fingerprint density at radius 2 is 2.25 bits per heavy atom. The van der Waals surface area contributed by atoms with Gasteiger partial charge in [-0.3, -0.25) is 0 Å². The van der Waals surface area contributed by atoms with E-state index in [-0.39, 0.29) is 0 Å². The van der Waals surface area contributed by atoms with Crippen molar-refractivity contribution in [3.8, 4) is 5.75 Å². The zero-order valence-corrected chi connectivity index (χ0v) is 7.42. The number of aryl methyl sites for hydroxylation is 1. The van der Waals surface area contributed by atoms with Crippen molar-refractivity contribution < 1.29 is 4.84 Å². The van der Waals surface area contributed by atoms with Gasteiger partial charge in [-0.2, -0.15) is 0 Å². The van der Waals surface area contributed by atoms with Gasteiger partial charge in [0.05, 0.1) is 0 Å². The number of benzene rings is 1. The molecule has 0 radical (unpaired) electrons. The second-order valence-electron chi connectivity index (χ2n) is 2.55. The van der Waals surface area contributed by atoms with Crippen LogP contribution in [0.4, 0.5) is 0 Å². The molecule has 0 fully saturated rings. The van der Waals surface area contributed by atoms with Crippen molar-refractivity contribution in [2.75, 3.05) is 6.54 Å². The minimum absolute atomic E-state index is 0.816. The van der Waals surface area contributed by atoms with Crippen LogP contribution in [0, 0.1) is 6.92 Å². The lowest BCUT2D eigenvalue weighted by molar-refractivity contribution is 0.152. The molecule has 3 heteroatoms. The fourth-order valence-electron chi connectivity index (χ4n) is 0.846. The summed E-state index contributed by atoms with van der Waals surface area (Å²) in [5.74, 6) is 0.816. The van der Waals surface area contributed by atoms with Crippen molar-refractivity contribution in [3.63, 3.8) is 0 Å². The van der Waals surface area contributed by atoms with E-state index in [0.717, 1.165) is 12.3 Å². The van der Waals surface area contributed by atoms with E-state index in [0.29, 0.717) is 0 Å². The highest BCUT2D eigenvalue weighted by molar-refractivity contribution is 5.26. The number of hydrazine groups is 1. The second kappa shape index (κ2) is 4.74. The molecule has 66 valence electrons. The molecule has 0 aliphatic carbocycles. The molecule has 0 unspecified atom stereocenters. The maximum absolute atomic E-state index is 5.17. The normalized spacial score (nSPS) is 9.83. The molecule has 0 amide bonds. The van der Waals surface area contributed by atoms with Gasteiger partial charge in [0, 0.05) is 6.54 Å². The summed E-state index contributed by atoms with van der Waals surface area (Å²) in [6.45, 7) is 4.85. The maximum Gasteiger partial charge on any atom is 0.149 e. The van der Waals surface area contributed by atoms with Gasteiger partial charge in [-0.25, -0.2) is 5.43 Å². The fraction of sp³-hybridized carbons (Fsp3) is 0.333. The predicted octanol–water partition coefficient (Wildman–Crippen LogP) is 1.40. The van der Waals surface area contributed by atoms with Gasteiger partial charge in [-0.1, -0.05) is 24.6 Å². The van der Waals surface area contributed by atoms with Crippen molar-refractivity contribution >= 4 is 0 Å². The van der Waals surface area contributed by atoms with E-state index < -0.39 is 0 Å². The quantitative estimate of drug-likeness (QED) is 0.524. The van der Waals surface area contributed by atoms with Crippen LogP contribution in [0.5, 0.6) is 5.75 Å². The molecule has 3 nitrogen and oxygen atoms in total. The molecule has 1 aromatic carbocycles. The maximum atomic E-state index is 5.17. The Labute approximate surface area is 72.7 Å². The lowest BCUT2D eigenvalue weighted by Crippen LogP contribution is -2.34. The molecule has 0 atom stereocenters. The van der Waals surface area contributed by atoms with Gasteiger partial charge in [-0.05, 0) is 24.6 Å². The molecule has 0 saturated carbocycles. The summed E-state index contributed by atoms with van der Waals surface area (Å²) in [5, 5.41) is 0. The first-order valence-electron chi connectivity index (χ1n) is 4.04. The smallest absolute Gasteiger partial charge is 0.149 e. The number of rotatable bonds is 4. The first-order valence-corrected chi connectivity index (χ1v) is 4.04. The van der Waals surface area contributed by atoms with Crippen LogP contribution in [0.15, 0.2) is 24.3 Å². The lowest BCUT2D eigenvalue weighted by Gasteiger charge is -2.06. The SMILES string of the molecule is CCNNOc1cccc(C)c1. The number of nitrogens with one attached hydrogen (secondary N) is 2. The third-order valence-electron chi connectivity index (χ3n) is 1.41. The van der Waals surface area contributed by atoms with E-state index in [1.165, 1.54) is 5.56 Å². The molecule has 12 heavy (non-hydrogen) atoms. The van der Waals surface area contributed by atoms with Gasteiger partial charge < -0.3 is 4.84 Å². The topological polar surface area (TPSA) is 33.3 Å². The van der Waals surface area contributed by atoms with E-state index in [9.17, 15) is 0 Å². The highest BCUT2D eigenvalue weighted by Crippen LogP contribution is 2.10. The summed E-state index contributed by atoms with van der Waals surface area (Å²) in [6.07, 6.45) is 0. The monoisotopic (exact) mass is 166 g/mol. The van der Waals surface area contributed by atoms with Crippen LogP contribution in [-0.2, 0) is 0 Å². The van der Waals surface area contributed by atoms with Crippen LogP contribution in [0.2, 0.25) is 0 Å². The molecule has 0 saturated heterocycles. The minimum atomic E-state index is 0.816. The molecule has 2 N–H and O–H groups in total. The van der Waals surface area contributed by atoms with Crippen LogP contribution in [0.3, 0.4) is 0 Å². The molecule has 0 bridgehead atoms. The van der Waals surface area contributed by atoms with Crippen molar-refractivity contribution in [1.82, 2.24) is 11.0 Å². The molecule has 0 aliphatic heterocycles. The van der Waals surface area contributed by atoms with Crippen molar-refractivity contribution in [2.45, 2.75) is 13.8 Å². The minimum Gasteiger partial charge on any atom is -0.394 e. The Kier molecular flexibility index (Phi) is 3.57. The highest BCUT2D eigenvalue weighted by Gasteiger charge is 1.91. The first kappa shape index (κ1) is 9.03. The van der Waals surface area contributed by atoms with Crippen LogP contribution in [0.1, 0.15) is 12.5 Å². The van der Waals surface area contributed by atoms with E-state index in [1.807, 2.05) is 38.1 Å². The van der Waals surface area contributed by atoms with Gasteiger partial charge >= 0.3 is 0 Å². The summed E-state index contributed by atoms with van der Waals surface area (Å²) in [7, 11) is 0. The average molecular weight is 166 g/mol. The van der Waals surface area contributed by atoms with Gasteiger partial charge in [-0.15, -0.1) is 0 Å². The van der Waals surface area contributed by atoms with E-state index in [1.54, 1.807) is 0 Å². The molecular weight excluding hydrogens is 152 g/mol. The van der Waals surface area contributed by atoms with Crippen molar-refractivity contribution in [3.05, 3.63) is 29.8 Å². The molecule has 0 aliphatic rings. The summed E-state index contributed by atoms with van der Waals surface area (Å²) in [4.78, 5) is 5.17. The molecule has 0 heterocycles. The molecule has 0 aromatic heterocycles. The Balaban J connectivity index is 2.41. The second-order valence-corrected chi connectivity index (χ2v) is 2.55. The van der Waals surface area contributed by atoms with E-state index in [2.05, 4.69) is 11.0 Å². The lowest BCUT2D eigenvalue weighted by atomic mass is 10.2. The highest BCUT2D eigenvalue weighted by atomic mass is 16.7. The van der Waals surface area contributed by atoms with Gasteiger partial charge in [0.15, 0.2) is 0 Å². The summed E-state index contributed by atoms with van der Waals surface area (Å²) in [6, 6.07) is 7.85. The Hall–Kier alpha value is -1.06. The first-order chi connectivity index (χ1) is 5.83. The van der Waals surface area contributed by atoms with Gasteiger partial charge in [0.25, 0.3) is 0 Å². The molecule has 1 rings (SSSR count). The summed E-state index contributed by atoms with van der Waals surface area (Å²) in [5.41, 5.74) is 6.66. The Bertz CT molecular complexity index is 238. The largest absolute Gasteiger partial charge is 0.394 e. The molecule has 1 aromatic rings. The number of hydrogen-bond donors (Lipinski definition) is 2. The van der Waals surface area contributed by atoms with Gasteiger partial charge in [0.2, 0.25) is 0 Å². The fourth-order valence-corrected chi connectivity index (χ4v) is 0.846. The standard InChI is InChI=1S/C9H14N2O/c1-3-10-11-12-9-6-4-5-8(2)7-9/h4-7,10-11H,3H2,1-2H3. The Morgan fingerprint density at radius 3 is 2.92 bits per heavy atom. The zero-order chi connectivity index (χ0) is 8.81. The summed E-state index contributed by atoms with van der Waals surface area (Å²) >= 11 is 0. The van der Waals surface area contributed by atoms with Crippen molar-refractivity contribution in [2.24, 2.45) is 0 Å². The average Bonchev–Trinajstić information content (AvgIpc) is 2.05. The van der Waals surface area contributed by atoms with E-state index in [4.69, 9.17) is 4.84 Å². The van der Waals surface area contributed by atoms with Gasteiger partial charge in [0.1, 0.15) is 5.75 Å². The predicted molar refractivity (Wildman–Crippen MR) is 48.6 cm³/mol. The van der Waals surface area contributed by atoms with Crippen molar-refractivity contribution in [1.29, 1.82) is 0 Å². The van der Waals surface area contributed by atoms with Crippen LogP contribution in [0.25, 0.3) is 0 Å².